The van der Waals surface area contributed by atoms with Gasteiger partial charge < -0.3 is 9.80 Å². The summed E-state index contributed by atoms with van der Waals surface area (Å²) in [4.78, 5) is 16.9. The van der Waals surface area contributed by atoms with Crippen LogP contribution < -0.4 is 26.2 Å². The molecule has 2 aliphatic rings. The van der Waals surface area contributed by atoms with Crippen molar-refractivity contribution in [3.05, 3.63) is 333 Å². The zero-order valence-corrected chi connectivity index (χ0v) is 56.5. The number of aromatic nitrogens is 2. The number of benzene rings is 15. The lowest BCUT2D eigenvalue weighted by Crippen LogP contribution is -2.61. The molecule has 2 aliphatic heterocycles. The third-order valence-corrected chi connectivity index (χ3v) is 20.6. The summed E-state index contributed by atoms with van der Waals surface area (Å²) in [6.45, 7) is 13.6. The standard InChI is InChI=1S/C94H71BN4/c1-93(2,3)75-39-43-77(44-40-75)98-87-57-81-66(37-35-64-31-19-21-33-79(64)81)53-83(87)95-84-54-67-38-36-65-32-20-22-34-80(65)82(67)58-88(84)99(78-45-41-76(42-46-78)94(4,5)6)90-56-73(55-89(98)91(90)95)86-59-85(72-49-68(60-23-11-7-12-24-60)47-69(50-72)61-25-13-8-14-26-61)96-92(97-86)74-51-70(62-27-15-9-16-28-62)48-71(52-74)63-29-17-10-18-30-63/h7-59H,1-6H3. The first-order valence-electron chi connectivity index (χ1n) is 34.6. The van der Waals surface area contributed by atoms with Crippen LogP contribution in [0.25, 0.3) is 122 Å². The van der Waals surface area contributed by atoms with Gasteiger partial charge in [0.1, 0.15) is 0 Å². The van der Waals surface area contributed by atoms with Gasteiger partial charge in [-0.1, -0.05) is 272 Å². The fraction of sp³-hybridized carbons (Fsp3) is 0.0851. The molecule has 0 aliphatic carbocycles. The van der Waals surface area contributed by atoms with Gasteiger partial charge in [-0.25, -0.2) is 9.97 Å². The maximum atomic E-state index is 5.95. The second-order valence-corrected chi connectivity index (χ2v) is 29.0. The molecule has 0 saturated heterocycles. The van der Waals surface area contributed by atoms with E-state index in [1.54, 1.807) is 0 Å². The van der Waals surface area contributed by atoms with E-state index in [-0.39, 0.29) is 17.5 Å². The molecule has 0 atom stereocenters. The maximum Gasteiger partial charge on any atom is 0.252 e. The number of anilines is 6. The smallest absolute Gasteiger partial charge is 0.252 e. The van der Waals surface area contributed by atoms with Gasteiger partial charge in [0.15, 0.2) is 5.82 Å². The highest BCUT2D eigenvalue weighted by Crippen LogP contribution is 2.49. The number of rotatable bonds is 9. The van der Waals surface area contributed by atoms with Gasteiger partial charge in [-0.2, -0.15) is 0 Å². The molecule has 5 heteroatoms. The Bertz CT molecular complexity index is 5390. The highest BCUT2D eigenvalue weighted by Gasteiger charge is 2.45. The predicted octanol–water partition coefficient (Wildman–Crippen LogP) is 23.4. The molecule has 0 unspecified atom stereocenters. The lowest BCUT2D eigenvalue weighted by molar-refractivity contribution is 0.590. The molecule has 0 fully saturated rings. The van der Waals surface area contributed by atoms with Crippen LogP contribution in [0.15, 0.2) is 322 Å². The van der Waals surface area contributed by atoms with Crippen LogP contribution in [-0.2, 0) is 10.8 Å². The van der Waals surface area contributed by atoms with Gasteiger partial charge in [0.2, 0.25) is 0 Å². The van der Waals surface area contributed by atoms with Crippen LogP contribution in [0, 0.1) is 0 Å². The summed E-state index contributed by atoms with van der Waals surface area (Å²) in [6, 6.07) is 120. The van der Waals surface area contributed by atoms with Crippen molar-refractivity contribution in [2.75, 3.05) is 9.80 Å². The lowest BCUT2D eigenvalue weighted by atomic mass is 9.33. The van der Waals surface area contributed by atoms with E-state index in [1.165, 1.54) is 70.6 Å². The van der Waals surface area contributed by atoms with Crippen LogP contribution in [0.3, 0.4) is 0 Å². The second kappa shape index (κ2) is 23.4. The number of fused-ring (bicyclic) bond motifs is 10. The molecule has 0 bridgehead atoms. The van der Waals surface area contributed by atoms with Gasteiger partial charge in [0, 0.05) is 50.8 Å². The molecule has 4 nitrogen and oxygen atoms in total. The summed E-state index contributed by atoms with van der Waals surface area (Å²) in [5, 5.41) is 9.75. The minimum absolute atomic E-state index is 0.0636. The van der Waals surface area contributed by atoms with E-state index in [0.29, 0.717) is 5.82 Å². The van der Waals surface area contributed by atoms with Gasteiger partial charge in [0.05, 0.1) is 11.4 Å². The Morgan fingerprint density at radius 3 is 0.970 bits per heavy atom. The molecule has 0 saturated carbocycles. The fourth-order valence-corrected chi connectivity index (χ4v) is 15.5. The molecule has 99 heavy (non-hydrogen) atoms. The zero-order valence-electron chi connectivity index (χ0n) is 56.5. The zero-order chi connectivity index (χ0) is 66.7. The number of hydrogen-bond donors (Lipinski definition) is 0. The van der Waals surface area contributed by atoms with Crippen LogP contribution in [0.1, 0.15) is 52.7 Å². The molecule has 18 rings (SSSR count). The van der Waals surface area contributed by atoms with Gasteiger partial charge in [-0.3, -0.25) is 0 Å². The van der Waals surface area contributed by atoms with Gasteiger partial charge >= 0.3 is 0 Å². The van der Waals surface area contributed by atoms with Crippen LogP contribution in [0.4, 0.5) is 34.1 Å². The molecule has 0 amide bonds. The molecular formula is C94H71BN4. The second-order valence-electron chi connectivity index (χ2n) is 29.0. The van der Waals surface area contributed by atoms with Crippen molar-refractivity contribution in [1.29, 1.82) is 0 Å². The van der Waals surface area contributed by atoms with E-state index >= 15 is 0 Å². The topological polar surface area (TPSA) is 32.3 Å². The summed E-state index contributed by atoms with van der Waals surface area (Å²) < 4.78 is 0. The molecular weight excluding hydrogens is 1200 g/mol. The molecule has 470 valence electrons. The Balaban J connectivity index is 0.974. The Hall–Kier alpha value is -11.9. The highest BCUT2D eigenvalue weighted by atomic mass is 15.2. The molecule has 0 N–H and O–H groups in total. The first kappa shape index (κ1) is 59.6. The van der Waals surface area contributed by atoms with Crippen LogP contribution in [-0.4, -0.2) is 16.7 Å². The van der Waals surface area contributed by atoms with Crippen LogP contribution in [0.2, 0.25) is 0 Å². The van der Waals surface area contributed by atoms with E-state index in [4.69, 9.17) is 9.97 Å². The molecule has 1 aromatic heterocycles. The Morgan fingerprint density at radius 1 is 0.253 bits per heavy atom. The molecule has 16 aromatic rings. The van der Waals surface area contributed by atoms with Crippen molar-refractivity contribution in [3.8, 4) is 78.4 Å². The summed E-state index contributed by atoms with van der Waals surface area (Å²) in [5.41, 5.74) is 26.2. The first-order valence-corrected chi connectivity index (χ1v) is 34.6. The van der Waals surface area contributed by atoms with E-state index in [1.807, 2.05) is 0 Å². The summed E-state index contributed by atoms with van der Waals surface area (Å²) >= 11 is 0. The van der Waals surface area contributed by atoms with E-state index in [2.05, 4.69) is 373 Å². The highest BCUT2D eigenvalue weighted by molar-refractivity contribution is 7.00. The number of hydrogen-bond acceptors (Lipinski definition) is 4. The Morgan fingerprint density at radius 2 is 0.586 bits per heavy atom. The molecule has 0 radical (unpaired) electrons. The quantitative estimate of drug-likeness (QED) is 0.106. The molecule has 15 aromatic carbocycles. The summed E-state index contributed by atoms with van der Waals surface area (Å²) in [5.74, 6) is 0.629. The van der Waals surface area contributed by atoms with E-state index < -0.39 is 0 Å². The molecule has 0 spiro atoms. The summed E-state index contributed by atoms with van der Waals surface area (Å²) in [6.07, 6.45) is 0. The minimum Gasteiger partial charge on any atom is -0.311 e. The average Bonchev–Trinajstić information content (AvgIpc) is 0.689. The van der Waals surface area contributed by atoms with Crippen molar-refractivity contribution in [1.82, 2.24) is 9.97 Å². The fourth-order valence-electron chi connectivity index (χ4n) is 15.5. The van der Waals surface area contributed by atoms with Gasteiger partial charge in [-0.05, 0) is 217 Å². The lowest BCUT2D eigenvalue weighted by Gasteiger charge is -2.45. The third kappa shape index (κ3) is 10.6. The first-order chi connectivity index (χ1) is 48.3. The van der Waals surface area contributed by atoms with Crippen molar-refractivity contribution in [2.24, 2.45) is 0 Å². The van der Waals surface area contributed by atoms with Crippen LogP contribution >= 0.6 is 0 Å². The van der Waals surface area contributed by atoms with E-state index in [9.17, 15) is 0 Å². The van der Waals surface area contributed by atoms with Crippen molar-refractivity contribution >= 4 is 100 Å². The largest absolute Gasteiger partial charge is 0.311 e. The van der Waals surface area contributed by atoms with Crippen molar-refractivity contribution < 1.29 is 0 Å². The van der Waals surface area contributed by atoms with Gasteiger partial charge in [-0.15, -0.1) is 0 Å². The average molecular weight is 1270 g/mol. The maximum absolute atomic E-state index is 5.95. The van der Waals surface area contributed by atoms with Crippen molar-refractivity contribution in [2.45, 2.75) is 52.4 Å². The molecule has 3 heterocycles. The van der Waals surface area contributed by atoms with E-state index in [0.717, 1.165) is 107 Å². The minimum atomic E-state index is -0.179. The summed E-state index contributed by atoms with van der Waals surface area (Å²) in [7, 11) is 0. The monoisotopic (exact) mass is 1270 g/mol. The predicted molar refractivity (Wildman–Crippen MR) is 422 cm³/mol. The van der Waals surface area contributed by atoms with Crippen molar-refractivity contribution in [3.63, 3.8) is 0 Å². The van der Waals surface area contributed by atoms with Crippen LogP contribution in [0.5, 0.6) is 0 Å². The SMILES string of the molecule is CC(C)(C)c1ccc(N2c3cc4c(ccc5ccccc54)cc3B3c4cc5ccc6ccccc6c5cc4N(c4ccc(C(C)(C)C)cc4)c4cc(-c5cc(-c6cc(-c7ccccc7)cc(-c7ccccc7)c6)nc(-c6cc(-c7ccccc7)cc(-c7ccccc7)c6)n5)cc2c43)cc1. The Kier molecular flexibility index (Phi) is 14.1. The normalized spacial score (nSPS) is 12.7. The van der Waals surface area contributed by atoms with Gasteiger partial charge in [0.25, 0.3) is 6.71 Å². The third-order valence-electron chi connectivity index (χ3n) is 20.6. The Labute approximate surface area is 579 Å². The number of nitrogens with zero attached hydrogens (tertiary/aromatic N) is 4.